The Labute approximate surface area is 366 Å². The van der Waals surface area contributed by atoms with Crippen LogP contribution in [-0.4, -0.2) is 80.7 Å². The second-order valence-electron chi connectivity index (χ2n) is 5.27. The Balaban J connectivity index is -0.0000000191. The van der Waals surface area contributed by atoms with Crippen LogP contribution >= 0.6 is 46.6 Å². The summed E-state index contributed by atoms with van der Waals surface area (Å²) in [5, 5.41) is 0. The SMILES string of the molecule is C=PCC.C=PCP(=C)(C)C[PH](=C)CC.C=PC[PH](=C)CC.[W].[W].[W].[Y].[Y].[Y].[Y].[Y]. The average molecular weight is 1410 g/mol. The van der Waals surface area contributed by atoms with E-state index in [1.807, 2.05) is 0 Å². The molecule has 0 nitrogen and oxygen atoms in total. The van der Waals surface area contributed by atoms with E-state index in [0.717, 1.165) is 0 Å². The molecular weight excluding hydrogens is 1370 g/mol. The van der Waals surface area contributed by atoms with Crippen molar-refractivity contribution in [2.75, 3.05) is 42.9 Å². The summed E-state index contributed by atoms with van der Waals surface area (Å²) >= 11 is 0. The maximum atomic E-state index is 4.30. The Morgan fingerprint density at radius 2 is 1.03 bits per heavy atom. The van der Waals surface area contributed by atoms with Crippen LogP contribution in [0.2, 0.25) is 0 Å². The summed E-state index contributed by atoms with van der Waals surface area (Å²) in [5.74, 6) is 3.80. The third-order valence-electron chi connectivity index (χ3n) is 2.61. The van der Waals surface area contributed by atoms with E-state index in [2.05, 4.69) is 65.2 Å². The zero-order chi connectivity index (χ0) is 18.0. The molecule has 3 atom stereocenters. The number of hydrogen-bond donors (Lipinski definition) is 0. The molecule has 0 aliphatic rings. The smallest absolute Gasteiger partial charge is 0.00864 e. The maximum absolute atomic E-state index is 4.30. The zero-order valence-electron chi connectivity index (χ0n) is 19.4. The van der Waals surface area contributed by atoms with Crippen LogP contribution < -0.4 is 0 Å². The van der Waals surface area contributed by atoms with Gasteiger partial charge < -0.3 is 0 Å². The van der Waals surface area contributed by atoms with E-state index in [1.54, 1.807) is 0 Å². The fraction of sp³-hybridized carbons (Fsp3) is 0.625. The minimum absolute atomic E-state index is 0. The monoisotopic (exact) mass is 1410 g/mol. The standard InChI is InChI=1S/C8H19P3.C5H12P2.C3H7P.3W.5Y/c1-6-10(3)8-11(4,5)7-9-2;1-4-7(3)5-6-2;1-3-4-2;;;;;;;;/h10H,2-4,6-8H2,1,5H3;7H,2-5H2,1H3;2-3H2,1H3;;;;;;;;. The van der Waals surface area contributed by atoms with E-state index in [9.17, 15) is 0 Å². The molecule has 0 saturated carbocycles. The van der Waals surface area contributed by atoms with E-state index in [0.29, 0.717) is 0 Å². The molecule has 0 aliphatic heterocycles. The minimum atomic E-state index is -0.857. The van der Waals surface area contributed by atoms with Gasteiger partial charge in [-0.25, -0.2) is 0 Å². The molecule has 0 aliphatic carbocycles. The minimum Gasteiger partial charge on any atom is -0.121 e. The quantitative estimate of drug-likeness (QED) is 0.236. The molecule has 0 rings (SSSR count). The van der Waals surface area contributed by atoms with Crippen molar-refractivity contribution in [2.24, 2.45) is 0 Å². The van der Waals surface area contributed by atoms with Gasteiger partial charge in [-0.3, -0.25) is 0 Å². The van der Waals surface area contributed by atoms with Crippen LogP contribution in [0.25, 0.3) is 0 Å². The molecule has 0 bridgehead atoms. The van der Waals surface area contributed by atoms with Gasteiger partial charge in [0.05, 0.1) is 0 Å². The van der Waals surface area contributed by atoms with Crippen molar-refractivity contribution >= 4 is 84.4 Å². The molecule has 0 N–H and O–H groups in total. The Hall–Kier alpha value is 8.99. The summed E-state index contributed by atoms with van der Waals surface area (Å²) < 4.78 is 0. The molecule has 0 heterocycles. The molecule has 14 heteroatoms. The van der Waals surface area contributed by atoms with Gasteiger partial charge in [-0.15, -0.1) is 59.2 Å². The summed E-state index contributed by atoms with van der Waals surface area (Å²) in [5.41, 5.74) is 0. The first-order valence-electron chi connectivity index (χ1n) is 7.54. The predicted molar refractivity (Wildman–Crippen MR) is 139 cm³/mol. The van der Waals surface area contributed by atoms with Crippen molar-refractivity contribution in [3.8, 4) is 0 Å². The van der Waals surface area contributed by atoms with Gasteiger partial charge in [0.1, 0.15) is 0 Å². The zero-order valence-corrected chi connectivity index (χ0v) is 48.0. The molecule has 0 aromatic heterocycles. The molecule has 0 amide bonds. The summed E-state index contributed by atoms with van der Waals surface area (Å²) in [6.45, 7) is 8.02. The van der Waals surface area contributed by atoms with Crippen LogP contribution in [0.15, 0.2) is 0 Å². The first-order valence-corrected chi connectivity index (χ1v) is 18.4. The molecule has 0 spiro atoms. The van der Waals surface area contributed by atoms with E-state index >= 15 is 0 Å². The van der Waals surface area contributed by atoms with Crippen molar-refractivity contribution in [1.29, 1.82) is 0 Å². The van der Waals surface area contributed by atoms with Gasteiger partial charge in [-0.1, -0.05) is 46.0 Å². The van der Waals surface area contributed by atoms with Crippen molar-refractivity contribution in [3.63, 3.8) is 0 Å². The average Bonchev–Trinajstić information content (AvgIpc) is 2.47. The van der Waals surface area contributed by atoms with Crippen LogP contribution in [0.4, 0.5) is 0 Å². The van der Waals surface area contributed by atoms with Gasteiger partial charge in [0.25, 0.3) is 0 Å². The molecule has 0 fully saturated rings. The molecule has 0 saturated heterocycles. The molecule has 165 valence electrons. The number of hydrogen-bond acceptors (Lipinski definition) is 0. The van der Waals surface area contributed by atoms with Gasteiger partial charge in [0, 0.05) is 239 Å². The molecule has 30 heavy (non-hydrogen) atoms. The Morgan fingerprint density at radius 3 is 1.20 bits per heavy atom. The van der Waals surface area contributed by atoms with Crippen molar-refractivity contribution in [1.82, 2.24) is 0 Å². The summed E-state index contributed by atoms with van der Waals surface area (Å²) in [4.78, 5) is 0. The molecule has 5 radical (unpaired) electrons. The van der Waals surface area contributed by atoms with Crippen LogP contribution in [0.3, 0.4) is 0 Å². The van der Waals surface area contributed by atoms with Gasteiger partial charge in [-0.2, -0.15) is 0 Å². The molecule has 0 aromatic rings. The van der Waals surface area contributed by atoms with Crippen LogP contribution in [0.5, 0.6) is 0 Å². The second-order valence-corrected chi connectivity index (χ2v) is 18.6. The first kappa shape index (κ1) is 71.8. The Kier molecular flexibility index (Phi) is 138. The van der Waals surface area contributed by atoms with E-state index < -0.39 is 6.89 Å². The topological polar surface area (TPSA) is 0 Å². The number of rotatable bonds is 9. The van der Waals surface area contributed by atoms with Crippen molar-refractivity contribution in [3.05, 3.63) is 0 Å². The summed E-state index contributed by atoms with van der Waals surface area (Å²) in [6.07, 6.45) is 27.4. The second kappa shape index (κ2) is 57.8. The Morgan fingerprint density at radius 1 is 0.700 bits per heavy atom. The molecular formula is C16H38P6W3Y5. The Bertz CT molecular complexity index is 417. The maximum Gasteiger partial charge on any atom is 0.00864 e. The van der Waals surface area contributed by atoms with Crippen molar-refractivity contribution in [2.45, 2.75) is 20.8 Å². The third-order valence-corrected chi connectivity index (χ3v) is 16.1. The van der Waals surface area contributed by atoms with E-state index in [4.69, 9.17) is 0 Å². The first-order chi connectivity index (χ1) is 10.2. The van der Waals surface area contributed by atoms with Crippen LogP contribution in [0.1, 0.15) is 20.8 Å². The predicted octanol–water partition coefficient (Wildman–Crippen LogP) is 6.38. The van der Waals surface area contributed by atoms with Gasteiger partial charge >= 0.3 is 0 Å². The van der Waals surface area contributed by atoms with Crippen molar-refractivity contribution < 1.29 is 227 Å². The van der Waals surface area contributed by atoms with Gasteiger partial charge in [0.2, 0.25) is 0 Å². The normalized spacial score (nSPS) is 11.6. The summed E-state index contributed by atoms with van der Waals surface area (Å²) in [7, 11) is 3.27. The van der Waals surface area contributed by atoms with Gasteiger partial charge in [0.15, 0.2) is 0 Å². The largest absolute Gasteiger partial charge is 0.121 e. The van der Waals surface area contributed by atoms with Crippen LogP contribution in [-0.2, 0) is 227 Å². The fourth-order valence-electron chi connectivity index (χ4n) is 1.21. The molecule has 0 aromatic carbocycles. The summed E-state index contributed by atoms with van der Waals surface area (Å²) in [6, 6.07) is 0. The molecule has 3 unspecified atom stereocenters. The van der Waals surface area contributed by atoms with E-state index in [-0.39, 0.29) is 242 Å². The fourth-order valence-corrected chi connectivity index (χ4v) is 11.8. The van der Waals surface area contributed by atoms with E-state index in [1.165, 1.54) is 60.8 Å². The van der Waals surface area contributed by atoms with Gasteiger partial charge in [-0.05, 0) is 31.1 Å². The third kappa shape index (κ3) is 70.9. The van der Waals surface area contributed by atoms with Crippen LogP contribution in [0, 0.1) is 0 Å².